The summed E-state index contributed by atoms with van der Waals surface area (Å²) in [7, 11) is -4.66. The predicted octanol–water partition coefficient (Wildman–Crippen LogP) is -1.13. The first kappa shape index (κ1) is 16.4. The van der Waals surface area contributed by atoms with Crippen molar-refractivity contribution in [3.05, 3.63) is 16.7 Å². The zero-order chi connectivity index (χ0) is 15.8. The third kappa shape index (κ3) is 4.04. The standard InChI is InChI=1S/C9H14N3O7PS/c10-8-6(21)2-12(9(14)11-8)7-1-4(13)5(19-7)3-18-20(15,16)17/h2,4-5,7,13,21H,1,3H2,(H2,10,11,14)(H2,15,16,17)/t4-,5+,7+/m0/s1. The van der Waals surface area contributed by atoms with Crippen LogP contribution in [0.1, 0.15) is 12.6 Å². The van der Waals surface area contributed by atoms with E-state index in [9.17, 15) is 14.5 Å². The second kappa shape index (κ2) is 6.05. The van der Waals surface area contributed by atoms with Crippen LogP contribution in [0.25, 0.3) is 0 Å². The number of ether oxygens (including phenoxy) is 1. The fourth-order valence-corrected chi connectivity index (χ4v) is 2.40. The van der Waals surface area contributed by atoms with Crippen molar-refractivity contribution in [3.8, 4) is 0 Å². The fourth-order valence-electron chi connectivity index (χ4n) is 1.88. The number of nitrogens with two attached hydrogens (primary N) is 1. The first-order chi connectivity index (χ1) is 9.67. The summed E-state index contributed by atoms with van der Waals surface area (Å²) in [5, 5.41) is 9.79. The number of nitrogen functional groups attached to an aromatic ring is 1. The Bertz CT molecular complexity index is 632. The number of aromatic nitrogens is 2. The highest BCUT2D eigenvalue weighted by atomic mass is 32.1. The van der Waals surface area contributed by atoms with Crippen LogP contribution in [0.3, 0.4) is 0 Å². The number of rotatable bonds is 4. The maximum absolute atomic E-state index is 11.7. The quantitative estimate of drug-likeness (QED) is 0.338. The monoisotopic (exact) mass is 339 g/mol. The van der Waals surface area contributed by atoms with Gasteiger partial charge in [-0.3, -0.25) is 9.09 Å². The third-order valence-corrected chi connectivity index (χ3v) is 3.71. The van der Waals surface area contributed by atoms with Crippen molar-refractivity contribution in [1.29, 1.82) is 0 Å². The van der Waals surface area contributed by atoms with Crippen LogP contribution in [0.15, 0.2) is 15.9 Å². The van der Waals surface area contributed by atoms with Crippen LogP contribution in [-0.4, -0.2) is 43.3 Å². The number of aliphatic hydroxyl groups excluding tert-OH is 1. The van der Waals surface area contributed by atoms with Crippen molar-refractivity contribution in [2.45, 2.75) is 29.8 Å². The summed E-state index contributed by atoms with van der Waals surface area (Å²) in [4.78, 5) is 32.8. The Morgan fingerprint density at radius 3 is 2.90 bits per heavy atom. The first-order valence-corrected chi connectivity index (χ1v) is 7.76. The summed E-state index contributed by atoms with van der Waals surface area (Å²) < 4.78 is 21.4. The molecular formula is C9H14N3O7PS. The second-order valence-corrected chi connectivity index (χ2v) is 6.14. The molecule has 2 rings (SSSR count). The summed E-state index contributed by atoms with van der Waals surface area (Å²) in [5.41, 5.74) is 4.76. The molecular weight excluding hydrogens is 325 g/mol. The van der Waals surface area contributed by atoms with E-state index in [0.29, 0.717) is 0 Å². The highest BCUT2D eigenvalue weighted by Crippen LogP contribution is 2.38. The molecule has 1 aliphatic rings. The molecule has 0 radical (unpaired) electrons. The van der Waals surface area contributed by atoms with Crippen LogP contribution < -0.4 is 11.4 Å². The molecule has 3 atom stereocenters. The van der Waals surface area contributed by atoms with E-state index in [1.54, 1.807) is 0 Å². The average molecular weight is 339 g/mol. The lowest BCUT2D eigenvalue weighted by atomic mass is 10.2. The Morgan fingerprint density at radius 2 is 2.29 bits per heavy atom. The van der Waals surface area contributed by atoms with Crippen LogP contribution in [0.5, 0.6) is 0 Å². The van der Waals surface area contributed by atoms with Gasteiger partial charge in [0.2, 0.25) is 0 Å². The summed E-state index contributed by atoms with van der Waals surface area (Å²) in [6.07, 6.45) is -1.52. The maximum Gasteiger partial charge on any atom is 0.469 e. The lowest BCUT2D eigenvalue weighted by Gasteiger charge is -2.16. The van der Waals surface area contributed by atoms with E-state index in [2.05, 4.69) is 22.1 Å². The molecule has 1 aliphatic heterocycles. The van der Waals surface area contributed by atoms with Gasteiger partial charge in [-0.2, -0.15) is 4.98 Å². The van der Waals surface area contributed by atoms with Crippen LogP contribution in [0.2, 0.25) is 0 Å². The molecule has 1 aromatic rings. The highest BCUT2D eigenvalue weighted by Gasteiger charge is 2.37. The molecule has 0 aromatic carbocycles. The molecule has 0 saturated carbocycles. The van der Waals surface area contributed by atoms with Crippen molar-refractivity contribution in [2.75, 3.05) is 12.3 Å². The SMILES string of the molecule is Nc1nc(=O)n([C@H]2C[C@H](O)[C@@H](COP(=O)(O)O)O2)cc1S. The molecule has 1 fully saturated rings. The van der Waals surface area contributed by atoms with Crippen LogP contribution in [0, 0.1) is 0 Å². The van der Waals surface area contributed by atoms with Gasteiger partial charge in [0.05, 0.1) is 17.6 Å². The number of nitrogens with zero attached hydrogens (tertiary/aromatic N) is 2. The average Bonchev–Trinajstić information content (AvgIpc) is 2.72. The minimum atomic E-state index is -4.66. The van der Waals surface area contributed by atoms with Crippen molar-refractivity contribution < 1.29 is 28.7 Å². The third-order valence-electron chi connectivity index (χ3n) is 2.88. The van der Waals surface area contributed by atoms with Gasteiger partial charge in [0.1, 0.15) is 18.1 Å². The summed E-state index contributed by atoms with van der Waals surface area (Å²) in [6.45, 7) is -0.507. The second-order valence-electron chi connectivity index (χ2n) is 4.42. The van der Waals surface area contributed by atoms with Gasteiger partial charge in [0, 0.05) is 12.6 Å². The van der Waals surface area contributed by atoms with Gasteiger partial charge in [0.25, 0.3) is 0 Å². The normalized spacial score (nSPS) is 26.2. The Morgan fingerprint density at radius 1 is 1.62 bits per heavy atom. The zero-order valence-electron chi connectivity index (χ0n) is 10.6. The number of aliphatic hydroxyl groups is 1. The molecule has 0 bridgehead atoms. The number of anilines is 1. The van der Waals surface area contributed by atoms with Gasteiger partial charge < -0.3 is 25.4 Å². The number of thiol groups is 1. The molecule has 0 aliphatic carbocycles. The molecule has 1 saturated heterocycles. The molecule has 118 valence electrons. The number of phosphoric acid groups is 1. The van der Waals surface area contributed by atoms with Crippen molar-refractivity contribution >= 4 is 26.3 Å². The van der Waals surface area contributed by atoms with E-state index in [1.807, 2.05) is 0 Å². The van der Waals surface area contributed by atoms with E-state index >= 15 is 0 Å². The molecule has 2 heterocycles. The van der Waals surface area contributed by atoms with E-state index in [0.717, 1.165) is 4.57 Å². The lowest BCUT2D eigenvalue weighted by molar-refractivity contribution is -0.0452. The van der Waals surface area contributed by atoms with E-state index in [4.69, 9.17) is 20.3 Å². The van der Waals surface area contributed by atoms with Crippen LogP contribution >= 0.6 is 20.5 Å². The van der Waals surface area contributed by atoms with E-state index < -0.39 is 38.6 Å². The summed E-state index contributed by atoms with van der Waals surface area (Å²) in [6, 6.07) is 0. The summed E-state index contributed by atoms with van der Waals surface area (Å²) >= 11 is 4.04. The van der Waals surface area contributed by atoms with Crippen LogP contribution in [-0.2, 0) is 13.8 Å². The molecule has 0 amide bonds. The van der Waals surface area contributed by atoms with E-state index in [-0.39, 0.29) is 17.1 Å². The van der Waals surface area contributed by atoms with Gasteiger partial charge in [-0.1, -0.05) is 0 Å². The smallest absolute Gasteiger partial charge is 0.390 e. The largest absolute Gasteiger partial charge is 0.469 e. The number of hydrogen-bond donors (Lipinski definition) is 5. The Hall–Kier alpha value is -0.940. The van der Waals surface area contributed by atoms with Gasteiger partial charge in [-0.15, -0.1) is 12.6 Å². The minimum absolute atomic E-state index is 0.0282. The maximum atomic E-state index is 11.7. The van der Waals surface area contributed by atoms with Gasteiger partial charge in [0.15, 0.2) is 0 Å². The predicted molar refractivity (Wildman–Crippen MR) is 72.7 cm³/mol. The lowest BCUT2D eigenvalue weighted by Crippen LogP contribution is -2.28. The molecule has 1 aromatic heterocycles. The minimum Gasteiger partial charge on any atom is -0.390 e. The fraction of sp³-hybridized carbons (Fsp3) is 0.556. The molecule has 10 nitrogen and oxygen atoms in total. The Balaban J connectivity index is 2.12. The van der Waals surface area contributed by atoms with Gasteiger partial charge in [-0.25, -0.2) is 9.36 Å². The van der Waals surface area contributed by atoms with Crippen molar-refractivity contribution in [2.24, 2.45) is 0 Å². The molecule has 0 spiro atoms. The Kier molecular flexibility index (Phi) is 4.73. The van der Waals surface area contributed by atoms with Crippen molar-refractivity contribution in [1.82, 2.24) is 9.55 Å². The molecule has 12 heteroatoms. The molecule has 21 heavy (non-hydrogen) atoms. The van der Waals surface area contributed by atoms with Gasteiger partial charge in [-0.05, 0) is 0 Å². The molecule has 5 N–H and O–H groups in total. The van der Waals surface area contributed by atoms with E-state index in [1.165, 1.54) is 6.20 Å². The summed E-state index contributed by atoms with van der Waals surface area (Å²) in [5.74, 6) is -0.0282. The number of phosphoric ester groups is 1. The first-order valence-electron chi connectivity index (χ1n) is 5.78. The van der Waals surface area contributed by atoms with Crippen molar-refractivity contribution in [3.63, 3.8) is 0 Å². The van der Waals surface area contributed by atoms with Gasteiger partial charge >= 0.3 is 13.5 Å². The number of hydrogen-bond acceptors (Lipinski definition) is 8. The zero-order valence-corrected chi connectivity index (χ0v) is 12.4. The Labute approximate surface area is 124 Å². The van der Waals surface area contributed by atoms with Crippen LogP contribution in [0.4, 0.5) is 5.82 Å². The molecule has 0 unspecified atom stereocenters. The highest BCUT2D eigenvalue weighted by molar-refractivity contribution is 7.80. The topological polar surface area (TPSA) is 157 Å².